The van der Waals surface area contributed by atoms with Crippen LogP contribution < -0.4 is 4.72 Å². The van der Waals surface area contributed by atoms with Gasteiger partial charge in [-0.15, -0.1) is 0 Å². The van der Waals surface area contributed by atoms with Gasteiger partial charge in [0.2, 0.25) is 15.9 Å². The maximum absolute atomic E-state index is 13.0. The molecule has 1 heterocycles. The summed E-state index contributed by atoms with van der Waals surface area (Å²) in [7, 11) is -4.06. The van der Waals surface area contributed by atoms with Crippen molar-refractivity contribution in [3.8, 4) is 0 Å². The molecular formula is C19H20Cl2N2O4S. The zero-order valence-corrected chi connectivity index (χ0v) is 17.3. The average Bonchev–Trinajstić information content (AvgIpc) is 2.70. The van der Waals surface area contributed by atoms with E-state index in [4.69, 9.17) is 27.9 Å². The Balaban J connectivity index is 1.89. The van der Waals surface area contributed by atoms with Crippen LogP contribution in [0.4, 0.5) is 0 Å². The highest BCUT2D eigenvalue weighted by molar-refractivity contribution is 7.89. The van der Waals surface area contributed by atoms with Crippen molar-refractivity contribution < 1.29 is 17.9 Å². The van der Waals surface area contributed by atoms with E-state index in [9.17, 15) is 13.2 Å². The number of ether oxygens (including phenoxy) is 1. The van der Waals surface area contributed by atoms with Gasteiger partial charge in [0.1, 0.15) is 10.9 Å². The molecule has 1 aliphatic heterocycles. The van der Waals surface area contributed by atoms with E-state index in [2.05, 4.69) is 4.72 Å². The van der Waals surface area contributed by atoms with E-state index in [1.165, 1.54) is 18.2 Å². The molecule has 1 N–H and O–H groups in total. The van der Waals surface area contributed by atoms with Gasteiger partial charge in [-0.1, -0.05) is 53.5 Å². The largest absolute Gasteiger partial charge is 0.378 e. The Labute approximate surface area is 174 Å². The minimum Gasteiger partial charge on any atom is -0.378 e. The third-order valence-electron chi connectivity index (χ3n) is 4.38. The van der Waals surface area contributed by atoms with Crippen LogP contribution in [0, 0.1) is 0 Å². The number of hydrogen-bond donors (Lipinski definition) is 1. The molecule has 1 atom stereocenters. The van der Waals surface area contributed by atoms with Gasteiger partial charge in [-0.3, -0.25) is 4.79 Å². The second kappa shape index (κ2) is 9.24. The van der Waals surface area contributed by atoms with Crippen LogP contribution in [0.15, 0.2) is 53.4 Å². The molecule has 28 heavy (non-hydrogen) atoms. The fourth-order valence-electron chi connectivity index (χ4n) is 2.97. The molecule has 0 saturated carbocycles. The fraction of sp³-hybridized carbons (Fsp3) is 0.316. The highest BCUT2D eigenvalue weighted by Gasteiger charge is 2.31. The summed E-state index contributed by atoms with van der Waals surface area (Å²) in [6.45, 7) is 1.70. The monoisotopic (exact) mass is 442 g/mol. The van der Waals surface area contributed by atoms with E-state index in [1.807, 2.05) is 30.3 Å². The lowest BCUT2D eigenvalue weighted by atomic mass is 10.1. The number of carbonyl (C=O) groups is 1. The van der Waals surface area contributed by atoms with E-state index < -0.39 is 16.1 Å². The van der Waals surface area contributed by atoms with Gasteiger partial charge in [0.25, 0.3) is 0 Å². The molecule has 150 valence electrons. The van der Waals surface area contributed by atoms with Crippen molar-refractivity contribution in [1.29, 1.82) is 0 Å². The molecule has 0 aromatic heterocycles. The maximum atomic E-state index is 13.0. The maximum Gasteiger partial charge on any atom is 0.242 e. The van der Waals surface area contributed by atoms with E-state index in [1.54, 1.807) is 4.90 Å². The Kier molecular flexibility index (Phi) is 6.95. The van der Waals surface area contributed by atoms with Gasteiger partial charge in [0.15, 0.2) is 0 Å². The molecule has 0 aliphatic carbocycles. The van der Waals surface area contributed by atoms with Crippen molar-refractivity contribution in [3.63, 3.8) is 0 Å². The van der Waals surface area contributed by atoms with Crippen molar-refractivity contribution in [3.05, 3.63) is 64.1 Å². The van der Waals surface area contributed by atoms with Gasteiger partial charge < -0.3 is 9.64 Å². The summed E-state index contributed by atoms with van der Waals surface area (Å²) in [5.41, 5.74) is 0.842. The van der Waals surface area contributed by atoms with Crippen LogP contribution in [0.5, 0.6) is 0 Å². The number of hydrogen-bond acceptors (Lipinski definition) is 4. The third-order valence-corrected chi connectivity index (χ3v) is 6.57. The van der Waals surface area contributed by atoms with Crippen LogP contribution in [0.3, 0.4) is 0 Å². The van der Waals surface area contributed by atoms with Crippen molar-refractivity contribution in [2.24, 2.45) is 0 Å². The molecule has 1 fully saturated rings. The molecule has 1 aliphatic rings. The van der Waals surface area contributed by atoms with Crippen LogP contribution in [0.25, 0.3) is 0 Å². The zero-order chi connectivity index (χ0) is 20.1. The number of morpholine rings is 1. The van der Waals surface area contributed by atoms with Gasteiger partial charge in [-0.05, 0) is 30.2 Å². The third kappa shape index (κ3) is 5.24. The molecule has 3 rings (SSSR count). The number of nitrogens with zero attached hydrogens (tertiary/aromatic N) is 1. The lowest BCUT2D eigenvalue weighted by Crippen LogP contribution is -2.52. The van der Waals surface area contributed by atoms with E-state index in [0.29, 0.717) is 26.3 Å². The molecule has 0 unspecified atom stereocenters. The Morgan fingerprint density at radius 1 is 1.11 bits per heavy atom. The molecule has 9 heteroatoms. The number of sulfonamides is 1. The summed E-state index contributed by atoms with van der Waals surface area (Å²) in [5, 5.41) is 0.276. The Hall–Kier alpha value is -1.64. The molecule has 2 aromatic rings. The number of benzene rings is 2. The van der Waals surface area contributed by atoms with Gasteiger partial charge in [0, 0.05) is 18.1 Å². The SMILES string of the molecule is O=C([C@H](Cc1ccccc1)NS(=O)(=O)c1cc(Cl)ccc1Cl)N1CCOCC1. The number of rotatable bonds is 6. The normalized spacial score (nSPS) is 16.0. The summed E-state index contributed by atoms with van der Waals surface area (Å²) in [5.74, 6) is -0.297. The first-order valence-electron chi connectivity index (χ1n) is 8.74. The van der Waals surface area contributed by atoms with Gasteiger partial charge in [0.05, 0.1) is 18.2 Å². The first-order valence-corrected chi connectivity index (χ1v) is 11.0. The summed E-state index contributed by atoms with van der Waals surface area (Å²) >= 11 is 12.0. The van der Waals surface area contributed by atoms with Gasteiger partial charge in [-0.25, -0.2) is 8.42 Å². The first-order chi connectivity index (χ1) is 13.4. The molecule has 0 spiro atoms. The Bertz CT molecular complexity index is 932. The minimum absolute atomic E-state index is 0.0363. The topological polar surface area (TPSA) is 75.7 Å². The lowest BCUT2D eigenvalue weighted by Gasteiger charge is -2.30. The quantitative estimate of drug-likeness (QED) is 0.745. The molecule has 1 amide bonds. The minimum atomic E-state index is -4.06. The molecular weight excluding hydrogens is 423 g/mol. The first kappa shape index (κ1) is 21.1. The lowest BCUT2D eigenvalue weighted by molar-refractivity contribution is -0.137. The van der Waals surface area contributed by atoms with Gasteiger partial charge in [-0.2, -0.15) is 4.72 Å². The molecule has 0 radical (unpaired) electrons. The highest BCUT2D eigenvalue weighted by atomic mass is 35.5. The van der Waals surface area contributed by atoms with Crippen molar-refractivity contribution in [2.75, 3.05) is 26.3 Å². The number of amides is 1. The van der Waals surface area contributed by atoms with Crippen LogP contribution in [0.1, 0.15) is 5.56 Å². The predicted molar refractivity (Wildman–Crippen MR) is 108 cm³/mol. The summed E-state index contributed by atoms with van der Waals surface area (Å²) in [6.07, 6.45) is 0.217. The second-order valence-electron chi connectivity index (χ2n) is 6.38. The van der Waals surface area contributed by atoms with Crippen molar-refractivity contribution >= 4 is 39.1 Å². The second-order valence-corrected chi connectivity index (χ2v) is 8.90. The summed E-state index contributed by atoms with van der Waals surface area (Å²) in [4.78, 5) is 14.5. The van der Waals surface area contributed by atoms with Crippen LogP contribution >= 0.6 is 23.2 Å². The summed E-state index contributed by atoms with van der Waals surface area (Å²) in [6, 6.07) is 12.4. The standard InChI is InChI=1S/C19H20Cl2N2O4S/c20-15-6-7-16(21)18(13-15)28(25,26)22-17(12-14-4-2-1-3-5-14)19(24)23-8-10-27-11-9-23/h1-7,13,17,22H,8-12H2/t17-/m0/s1. The van der Waals surface area contributed by atoms with E-state index in [0.717, 1.165) is 5.56 Å². The summed E-state index contributed by atoms with van der Waals surface area (Å²) < 4.78 is 33.7. The molecule has 0 bridgehead atoms. The predicted octanol–water partition coefficient (Wildman–Crippen LogP) is 2.74. The Morgan fingerprint density at radius 2 is 1.79 bits per heavy atom. The van der Waals surface area contributed by atoms with Crippen molar-refractivity contribution in [2.45, 2.75) is 17.4 Å². The van der Waals surface area contributed by atoms with Crippen LogP contribution in [-0.2, 0) is 26.0 Å². The van der Waals surface area contributed by atoms with Crippen LogP contribution in [-0.4, -0.2) is 51.6 Å². The fourth-order valence-corrected chi connectivity index (χ4v) is 4.92. The van der Waals surface area contributed by atoms with Gasteiger partial charge >= 0.3 is 0 Å². The van der Waals surface area contributed by atoms with E-state index >= 15 is 0 Å². The Morgan fingerprint density at radius 3 is 2.46 bits per heavy atom. The highest BCUT2D eigenvalue weighted by Crippen LogP contribution is 2.25. The zero-order valence-electron chi connectivity index (χ0n) is 15.0. The number of carbonyl (C=O) groups excluding carboxylic acids is 1. The smallest absolute Gasteiger partial charge is 0.242 e. The van der Waals surface area contributed by atoms with Crippen LogP contribution in [0.2, 0.25) is 10.0 Å². The molecule has 6 nitrogen and oxygen atoms in total. The molecule has 2 aromatic carbocycles. The number of halogens is 2. The number of nitrogens with one attached hydrogen (secondary N) is 1. The average molecular weight is 443 g/mol. The van der Waals surface area contributed by atoms with Crippen molar-refractivity contribution in [1.82, 2.24) is 9.62 Å². The van der Waals surface area contributed by atoms with E-state index in [-0.39, 0.29) is 27.3 Å². The molecule has 1 saturated heterocycles.